The molecule has 1 aromatic carbocycles. The van der Waals surface area contributed by atoms with Crippen molar-refractivity contribution in [3.05, 3.63) is 35.4 Å². The van der Waals surface area contributed by atoms with Crippen LogP contribution in [0.25, 0.3) is 0 Å². The van der Waals surface area contributed by atoms with E-state index in [0.29, 0.717) is 5.84 Å². The third kappa shape index (κ3) is 1.20. The van der Waals surface area contributed by atoms with Crippen LogP contribution in [0.1, 0.15) is 31.4 Å². The first-order valence-electron chi connectivity index (χ1n) is 6.33. The Balaban J connectivity index is 2.21. The topological polar surface area (TPSA) is 58.7 Å². The minimum atomic E-state index is -0.498. The van der Waals surface area contributed by atoms with Crippen molar-refractivity contribution in [1.29, 1.82) is 0 Å². The molecule has 1 aliphatic carbocycles. The molecule has 1 aromatic rings. The third-order valence-corrected chi connectivity index (χ3v) is 3.99. The summed E-state index contributed by atoms with van der Waals surface area (Å²) in [7, 11) is 0. The van der Waals surface area contributed by atoms with Crippen LogP contribution in [0.4, 0.5) is 4.79 Å². The van der Waals surface area contributed by atoms with Crippen LogP contribution in [0.15, 0.2) is 29.3 Å². The second-order valence-electron chi connectivity index (χ2n) is 5.26. The molecule has 2 N–H and O–H groups in total. The van der Waals surface area contributed by atoms with Crippen LogP contribution < -0.4 is 5.73 Å². The molecular formula is C14H17N3O. The molecule has 2 aliphatic rings. The number of carbonyl (C=O) groups is 1. The number of amidine groups is 1. The van der Waals surface area contributed by atoms with E-state index in [1.807, 2.05) is 30.9 Å². The van der Waals surface area contributed by atoms with Crippen LogP contribution in [0, 0.1) is 0 Å². The summed E-state index contributed by atoms with van der Waals surface area (Å²) in [5.74, 6) is 0.450. The zero-order chi connectivity index (χ0) is 12.9. The Hall–Kier alpha value is -1.84. The molecule has 1 heterocycles. The molecule has 0 bridgehead atoms. The standard InChI is InChI=1S/C14H17N3O/c1-9(2)17-13(18)16-12(15)14(17)8-7-10-5-3-4-6-11(10)14/h3-6,9H,7-8H2,1-2H3,(H2,15,16,18). The first-order valence-corrected chi connectivity index (χ1v) is 6.33. The fraction of sp³-hybridized carbons (Fsp3) is 0.429. The van der Waals surface area contributed by atoms with Gasteiger partial charge in [-0.2, -0.15) is 4.99 Å². The first kappa shape index (κ1) is 11.3. The van der Waals surface area contributed by atoms with Gasteiger partial charge in [-0.25, -0.2) is 4.79 Å². The first-order chi connectivity index (χ1) is 8.57. The molecule has 94 valence electrons. The number of benzene rings is 1. The number of aliphatic imine (C=N–C) groups is 1. The van der Waals surface area contributed by atoms with E-state index in [2.05, 4.69) is 17.1 Å². The van der Waals surface area contributed by atoms with Crippen molar-refractivity contribution in [2.45, 2.75) is 38.3 Å². The van der Waals surface area contributed by atoms with Gasteiger partial charge in [0, 0.05) is 6.04 Å². The van der Waals surface area contributed by atoms with Crippen LogP contribution >= 0.6 is 0 Å². The predicted octanol–water partition coefficient (Wildman–Crippen LogP) is 2.03. The van der Waals surface area contributed by atoms with Crippen molar-refractivity contribution in [2.24, 2.45) is 10.7 Å². The highest BCUT2D eigenvalue weighted by Crippen LogP contribution is 2.45. The fourth-order valence-corrected chi connectivity index (χ4v) is 3.31. The van der Waals surface area contributed by atoms with Gasteiger partial charge in [0.05, 0.1) is 0 Å². The average Bonchev–Trinajstić information content (AvgIpc) is 2.81. The molecule has 0 saturated carbocycles. The number of fused-ring (bicyclic) bond motifs is 2. The number of hydrogen-bond donors (Lipinski definition) is 1. The van der Waals surface area contributed by atoms with E-state index in [0.717, 1.165) is 18.4 Å². The number of rotatable bonds is 1. The minimum absolute atomic E-state index is 0.0912. The molecule has 2 amide bonds. The molecule has 4 nitrogen and oxygen atoms in total. The van der Waals surface area contributed by atoms with Crippen molar-refractivity contribution < 1.29 is 4.79 Å². The molecule has 0 fully saturated rings. The van der Waals surface area contributed by atoms with E-state index in [1.54, 1.807) is 0 Å². The summed E-state index contributed by atoms with van der Waals surface area (Å²) >= 11 is 0. The van der Waals surface area contributed by atoms with E-state index in [4.69, 9.17) is 5.73 Å². The highest BCUT2D eigenvalue weighted by Gasteiger charge is 2.53. The summed E-state index contributed by atoms with van der Waals surface area (Å²) in [6, 6.07) is 8.09. The quantitative estimate of drug-likeness (QED) is 0.820. The minimum Gasteiger partial charge on any atom is -0.385 e. The van der Waals surface area contributed by atoms with Crippen LogP contribution in [0.2, 0.25) is 0 Å². The molecule has 4 heteroatoms. The molecule has 1 unspecified atom stereocenters. The van der Waals surface area contributed by atoms with Crippen LogP contribution in [0.3, 0.4) is 0 Å². The maximum Gasteiger partial charge on any atom is 0.346 e. The lowest BCUT2D eigenvalue weighted by Gasteiger charge is -2.38. The van der Waals surface area contributed by atoms with Crippen molar-refractivity contribution in [3.63, 3.8) is 0 Å². The maximum atomic E-state index is 12.1. The maximum absolute atomic E-state index is 12.1. The van der Waals surface area contributed by atoms with E-state index in [-0.39, 0.29) is 12.1 Å². The van der Waals surface area contributed by atoms with Crippen LogP contribution in [0.5, 0.6) is 0 Å². The predicted molar refractivity (Wildman–Crippen MR) is 70.4 cm³/mol. The van der Waals surface area contributed by atoms with Crippen molar-refractivity contribution in [1.82, 2.24) is 4.90 Å². The lowest BCUT2D eigenvalue weighted by molar-refractivity contribution is 0.146. The number of hydrogen-bond acceptors (Lipinski definition) is 2. The normalized spacial score (nSPS) is 26.1. The van der Waals surface area contributed by atoms with Gasteiger partial charge in [0.2, 0.25) is 0 Å². The number of urea groups is 1. The smallest absolute Gasteiger partial charge is 0.346 e. The van der Waals surface area contributed by atoms with Crippen LogP contribution in [-0.2, 0) is 12.0 Å². The molecule has 18 heavy (non-hydrogen) atoms. The van der Waals surface area contributed by atoms with Gasteiger partial charge in [0.15, 0.2) is 0 Å². The number of aryl methyl sites for hydroxylation is 1. The van der Waals surface area contributed by atoms with Crippen molar-refractivity contribution in [2.75, 3.05) is 0 Å². The van der Waals surface area contributed by atoms with Crippen molar-refractivity contribution >= 4 is 11.9 Å². The van der Waals surface area contributed by atoms with Gasteiger partial charge in [-0.05, 0) is 37.8 Å². The second kappa shape index (κ2) is 3.57. The monoisotopic (exact) mass is 243 g/mol. The molecule has 1 aliphatic heterocycles. The summed E-state index contributed by atoms with van der Waals surface area (Å²) in [5, 5.41) is 0. The summed E-state index contributed by atoms with van der Waals surface area (Å²) in [5.41, 5.74) is 8.02. The number of nitrogens with two attached hydrogens (primary N) is 1. The lowest BCUT2D eigenvalue weighted by atomic mass is 9.88. The zero-order valence-corrected chi connectivity index (χ0v) is 10.7. The molecule has 0 aromatic heterocycles. The summed E-state index contributed by atoms with van der Waals surface area (Å²) in [4.78, 5) is 17.9. The molecule has 1 spiro atoms. The van der Waals surface area contributed by atoms with E-state index >= 15 is 0 Å². The highest BCUT2D eigenvalue weighted by molar-refractivity contribution is 6.07. The SMILES string of the molecule is CC(C)N1C(=O)N=C(N)C12CCc1ccccc12. The Labute approximate surface area is 106 Å². The number of nitrogens with zero attached hydrogens (tertiary/aromatic N) is 2. The molecular weight excluding hydrogens is 226 g/mol. The molecule has 0 saturated heterocycles. The Bertz CT molecular complexity index is 550. The zero-order valence-electron chi connectivity index (χ0n) is 10.7. The van der Waals surface area contributed by atoms with E-state index in [1.165, 1.54) is 5.56 Å². The summed E-state index contributed by atoms with van der Waals surface area (Å²) in [6.45, 7) is 4.02. The molecule has 3 rings (SSSR count). The Morgan fingerprint density at radius 1 is 1.39 bits per heavy atom. The van der Waals surface area contributed by atoms with E-state index in [9.17, 15) is 4.79 Å². The van der Waals surface area contributed by atoms with Gasteiger partial charge in [-0.3, -0.25) is 0 Å². The fourth-order valence-electron chi connectivity index (χ4n) is 3.31. The highest BCUT2D eigenvalue weighted by atomic mass is 16.2. The largest absolute Gasteiger partial charge is 0.385 e. The molecule has 0 radical (unpaired) electrons. The average molecular weight is 243 g/mol. The Morgan fingerprint density at radius 3 is 2.83 bits per heavy atom. The van der Waals surface area contributed by atoms with Gasteiger partial charge in [-0.1, -0.05) is 24.3 Å². The van der Waals surface area contributed by atoms with Gasteiger partial charge in [0.25, 0.3) is 0 Å². The van der Waals surface area contributed by atoms with Gasteiger partial charge in [0.1, 0.15) is 11.4 Å². The van der Waals surface area contributed by atoms with E-state index < -0.39 is 5.54 Å². The Morgan fingerprint density at radius 2 is 2.11 bits per heavy atom. The lowest BCUT2D eigenvalue weighted by Crippen LogP contribution is -2.52. The molecule has 1 atom stereocenters. The van der Waals surface area contributed by atoms with Crippen molar-refractivity contribution in [3.8, 4) is 0 Å². The van der Waals surface area contributed by atoms with Gasteiger partial charge in [-0.15, -0.1) is 0 Å². The van der Waals surface area contributed by atoms with Gasteiger partial charge >= 0.3 is 6.03 Å². The number of carbonyl (C=O) groups excluding carboxylic acids is 1. The second-order valence-corrected chi connectivity index (χ2v) is 5.26. The number of amides is 2. The third-order valence-electron chi connectivity index (χ3n) is 3.99. The summed E-state index contributed by atoms with van der Waals surface area (Å²) in [6.07, 6.45) is 1.79. The summed E-state index contributed by atoms with van der Waals surface area (Å²) < 4.78 is 0. The Kier molecular flexibility index (Phi) is 2.24. The van der Waals surface area contributed by atoms with Gasteiger partial charge < -0.3 is 10.6 Å². The van der Waals surface area contributed by atoms with Crippen LogP contribution in [-0.4, -0.2) is 22.8 Å².